The van der Waals surface area contributed by atoms with E-state index in [0.717, 1.165) is 57.1 Å². The molecule has 0 fully saturated rings. The van der Waals surface area contributed by atoms with Crippen LogP contribution in [0.2, 0.25) is 0 Å². The summed E-state index contributed by atoms with van der Waals surface area (Å²) in [5.74, 6) is -2.74. The van der Waals surface area contributed by atoms with Crippen molar-refractivity contribution in [3.05, 3.63) is 83.6 Å². The molecule has 0 saturated carbocycles. The van der Waals surface area contributed by atoms with Gasteiger partial charge in [-0.15, -0.1) is 0 Å². The number of nitrogens with one attached hydrogen (secondary N) is 2. The molecule has 2 unspecified atom stereocenters. The number of phosphoric acid groups is 1. The first kappa shape index (κ1) is 121. The fraction of sp³-hybridized carbons (Fsp3) is 0.720. The molecule has 2 heterocycles. The van der Waals surface area contributed by atoms with Gasteiger partial charge in [-0.1, -0.05) is 225 Å². The number of phosphoric ester groups is 1. The number of anilines is 1. The maximum atomic E-state index is 13.0. The van der Waals surface area contributed by atoms with Gasteiger partial charge in [0.2, 0.25) is 11.6 Å². The molecule has 0 aromatic heterocycles. The van der Waals surface area contributed by atoms with Crippen LogP contribution in [0.5, 0.6) is 0 Å². The van der Waals surface area contributed by atoms with E-state index in [1.807, 2.05) is 6.92 Å². The van der Waals surface area contributed by atoms with E-state index in [1.54, 1.807) is 53.7 Å². The maximum Gasteiger partial charge on any atom is 1.00 e. The van der Waals surface area contributed by atoms with E-state index in [2.05, 4.69) is 24.5 Å². The number of amides is 2. The van der Waals surface area contributed by atoms with Gasteiger partial charge in [-0.3, -0.25) is 18.9 Å². The zero-order chi connectivity index (χ0) is 84.7. The Kier molecular flexibility index (Phi) is 66.2. The summed E-state index contributed by atoms with van der Waals surface area (Å²) in [6.07, 6.45) is 43.4. The number of benzene rings is 2. The second-order valence-corrected chi connectivity index (χ2v) is 38.0. The van der Waals surface area contributed by atoms with Crippen LogP contribution < -0.4 is 145 Å². The molecule has 38 heteroatoms. The molecule has 120 heavy (non-hydrogen) atoms. The number of carbonyl (C=O) groups is 4. The molecular weight excluding hydrogens is 1690 g/mol. The van der Waals surface area contributed by atoms with Crippen LogP contribution in [0, 0.1) is 0 Å². The largest absolute Gasteiger partial charge is 1.00 e. The van der Waals surface area contributed by atoms with Crippen LogP contribution in [0.3, 0.4) is 0 Å². The fourth-order valence-corrected chi connectivity index (χ4v) is 17.2. The molecule has 2 aliphatic rings. The zero-order valence-corrected chi connectivity index (χ0v) is 85.6. The third-order valence-electron chi connectivity index (χ3n) is 20.8. The topological polar surface area (TPSA) is 458 Å². The summed E-state index contributed by atoms with van der Waals surface area (Å²) in [4.78, 5) is 64.7. The number of esters is 2. The Morgan fingerprint density at radius 2 is 0.983 bits per heavy atom. The van der Waals surface area contributed by atoms with Gasteiger partial charge in [0.05, 0.1) is 61.9 Å². The molecule has 0 saturated heterocycles. The Hall–Kier alpha value is -1.52. The molecule has 2 aromatic carbocycles. The van der Waals surface area contributed by atoms with Crippen LogP contribution in [0.1, 0.15) is 296 Å². The average Bonchev–Trinajstić information content (AvgIpc) is 1.59. The molecule has 2 aliphatic heterocycles. The van der Waals surface area contributed by atoms with Crippen LogP contribution in [-0.4, -0.2) is 170 Å². The molecule has 29 nitrogen and oxygen atoms in total. The zero-order valence-electron chi connectivity index (χ0n) is 73.5. The van der Waals surface area contributed by atoms with E-state index < -0.39 is 124 Å². The molecule has 664 valence electrons. The first-order valence-electron chi connectivity index (χ1n) is 41.9. The number of rotatable bonds is 67. The number of carbonyl (C=O) groups excluding carboxylic acids is 4. The number of allylic oxidation sites excluding steroid dienone is 6. The van der Waals surface area contributed by atoms with Gasteiger partial charge in [0.1, 0.15) is 40.0 Å². The molecule has 0 radical (unpaired) electrons. The van der Waals surface area contributed by atoms with E-state index in [1.165, 1.54) is 159 Å². The van der Waals surface area contributed by atoms with Crippen molar-refractivity contribution in [1.29, 1.82) is 0 Å². The monoisotopic (exact) mass is 1820 g/mol. The van der Waals surface area contributed by atoms with Crippen molar-refractivity contribution in [3.63, 3.8) is 0 Å². The van der Waals surface area contributed by atoms with Gasteiger partial charge in [-0.05, 0) is 94.8 Å². The summed E-state index contributed by atoms with van der Waals surface area (Å²) in [6.45, 7) is 7.90. The summed E-state index contributed by atoms with van der Waals surface area (Å²) in [5, 5.41) is 5.12. The molecule has 0 bridgehead atoms. The third-order valence-corrected chi connectivity index (χ3v) is 25.0. The predicted molar refractivity (Wildman–Crippen MR) is 442 cm³/mol. The fourth-order valence-electron chi connectivity index (χ4n) is 14.5. The van der Waals surface area contributed by atoms with Crippen molar-refractivity contribution >= 4 is 89.3 Å². The normalized spacial score (nSPS) is 15.5. The van der Waals surface area contributed by atoms with Crippen LogP contribution in [0.25, 0.3) is 0 Å². The smallest absolute Gasteiger partial charge is 0.756 e. The van der Waals surface area contributed by atoms with Gasteiger partial charge < -0.3 is 72.8 Å². The van der Waals surface area contributed by atoms with Crippen molar-refractivity contribution in [2.24, 2.45) is 0 Å². The quantitative estimate of drug-likeness (QED) is 0.0125. The summed E-state index contributed by atoms with van der Waals surface area (Å²) >= 11 is 0. The van der Waals surface area contributed by atoms with Gasteiger partial charge >= 0.3 is 136 Å². The standard InChI is InChI=1S/C82H135N4O24PS4.H3N.4Na/c1-6-8-10-12-14-16-18-20-22-24-26-28-30-32-39-47-78(88)107-66-68(110-79(89)48-40-33-31-29-27-25-23-21-19-17-15-13-11-9-7-2)67-109-111(91,92)108-59-55-84-80(90)106-61-60-105-58-54-83-77(87)46-38-35-41-53-82(5)72-65-70(115(102,103)104)50-52-74(72)86(57-43-63-113(96,97)98)76(82)45-37-34-36-44-75-81(3,4)71-64-69(114(99,100)101)49-51-73(71)85(75)56-42-62-112(93,94)95;;;;;/h34,36-37,44-45,49-52,64-65,68H,6-33,35,38-43,46-48,53-63,66-67H2,1-5H3,(H6-,83,84,87,90,91,92,93,94,95,96,97,98,99,100,101,102,103,104);1H3;;;;/q;;4*+1/p-4/t68-,82?;;;;;/m1...../s1. The van der Waals surface area contributed by atoms with E-state index in [0.29, 0.717) is 72.4 Å². The van der Waals surface area contributed by atoms with Crippen molar-refractivity contribution < 1.29 is 231 Å². The number of ether oxygens (including phenoxy) is 4. The van der Waals surface area contributed by atoms with Gasteiger partial charge in [-0.2, -0.15) is 4.58 Å². The number of nitrogens with zero attached hydrogens (tertiary/aromatic N) is 2. The SMILES string of the molecule is CCCCCCCCCCCCCCCCCC(=O)OC[C@H](COP(=O)([O-])OCCNC(=O)OCCOCCNC(=O)CCCCCC1(C)/C(=C/C=C/C=C/C2=[N+](CCCS(=O)(=O)[O-])c3ccc(S(=O)(=O)[O-])cc3C2(C)C)N(CCCS(=O)(=O)[O-])c2ccc(S(=O)(=O)[O-])cc21)OC(=O)CCCCCCCCCCCCCCCCC.N.[Na+].[Na+].[Na+].[Na+]. The Bertz CT molecular complexity index is 3960. The molecule has 2 aromatic rings. The molecule has 2 amide bonds. The molecule has 5 N–H and O–H groups in total. The first-order valence-corrected chi connectivity index (χ1v) is 49.3. The maximum absolute atomic E-state index is 13.0. The van der Waals surface area contributed by atoms with Gasteiger partial charge in [0.25, 0.3) is 7.82 Å². The average molecular weight is 1830 g/mol. The number of unbranched alkanes of at least 4 members (excludes halogenated alkanes) is 30. The van der Waals surface area contributed by atoms with Crippen molar-refractivity contribution in [2.75, 3.05) is 82.2 Å². The molecule has 3 atom stereocenters. The summed E-state index contributed by atoms with van der Waals surface area (Å²) in [7, 11) is -24.1. The predicted octanol–water partition coefficient (Wildman–Crippen LogP) is 2.98. The van der Waals surface area contributed by atoms with E-state index in [9.17, 15) is 80.5 Å². The van der Waals surface area contributed by atoms with Gasteiger partial charge in [-0.25, -0.2) is 38.5 Å². The molecular formula is C82H134N5Na4O24PS4. The van der Waals surface area contributed by atoms with Crippen molar-refractivity contribution in [1.82, 2.24) is 16.8 Å². The van der Waals surface area contributed by atoms with Crippen LogP contribution >= 0.6 is 7.82 Å². The Morgan fingerprint density at radius 3 is 1.50 bits per heavy atom. The number of hydrogen-bond acceptors (Lipinski definition) is 26. The minimum atomic E-state index is -5.01. The van der Waals surface area contributed by atoms with Crippen molar-refractivity contribution in [3.8, 4) is 0 Å². The van der Waals surface area contributed by atoms with Crippen molar-refractivity contribution in [2.45, 2.75) is 312 Å². The summed E-state index contributed by atoms with van der Waals surface area (Å²) in [5.41, 5.74) is 1.00. The van der Waals surface area contributed by atoms with Gasteiger partial charge in [0.15, 0.2) is 11.8 Å². The minimum Gasteiger partial charge on any atom is -0.756 e. The Labute approximate surface area is 806 Å². The molecule has 0 aliphatic carbocycles. The second kappa shape index (κ2) is 65.9. The van der Waals surface area contributed by atoms with E-state index in [4.69, 9.17) is 28.0 Å². The van der Waals surface area contributed by atoms with E-state index >= 15 is 0 Å². The minimum absolute atomic E-state index is 0. The second-order valence-electron chi connectivity index (χ2n) is 30.8. The molecule has 4 rings (SSSR count). The van der Waals surface area contributed by atoms with Gasteiger partial charge in [0, 0.05) is 91.3 Å². The van der Waals surface area contributed by atoms with Crippen LogP contribution in [-0.2, 0) is 98.2 Å². The summed E-state index contributed by atoms with van der Waals surface area (Å²) in [6, 6.07) is 7.72. The summed E-state index contributed by atoms with van der Waals surface area (Å²) < 4.78 is 190. The number of hydrogen-bond donors (Lipinski definition) is 3. The third kappa shape index (κ3) is 51.0. The number of alkyl carbamates (subject to hydrolysis) is 1. The Balaban J connectivity index is 0. The van der Waals surface area contributed by atoms with E-state index in [-0.39, 0.29) is 208 Å². The number of fused-ring (bicyclic) bond motifs is 2. The Morgan fingerprint density at radius 1 is 0.517 bits per heavy atom. The first-order chi connectivity index (χ1) is 54.6. The van der Waals surface area contributed by atoms with Crippen LogP contribution in [0.4, 0.5) is 16.2 Å². The molecule has 0 spiro atoms. The van der Waals surface area contributed by atoms with Crippen LogP contribution in [0.15, 0.2) is 82.3 Å².